The predicted molar refractivity (Wildman–Crippen MR) is 80.0 cm³/mol. The highest BCUT2D eigenvalue weighted by molar-refractivity contribution is 5.53. The molecule has 0 fully saturated rings. The molecule has 112 valence electrons. The molecule has 0 unspecified atom stereocenters. The average Bonchev–Trinajstić information content (AvgIpc) is 2.32. The Balaban J connectivity index is 2.64. The minimum Gasteiger partial charge on any atom is -0.492 e. The van der Waals surface area contributed by atoms with Crippen LogP contribution in [0.4, 0.5) is 11.4 Å². The molecule has 0 heterocycles. The molecule has 0 saturated heterocycles. The molecule has 6 nitrogen and oxygen atoms in total. The predicted octanol–water partition coefficient (Wildman–Crippen LogP) is 2.67. The van der Waals surface area contributed by atoms with Gasteiger partial charge in [0.1, 0.15) is 12.4 Å². The van der Waals surface area contributed by atoms with Crippen molar-refractivity contribution >= 4 is 11.4 Å². The molecule has 0 aromatic heterocycles. The molecular formula is C14H23N3O3. The van der Waals surface area contributed by atoms with Gasteiger partial charge in [-0.1, -0.05) is 0 Å². The number of rotatable bonds is 7. The maximum Gasteiger partial charge on any atom is 0.275 e. The molecule has 20 heavy (non-hydrogen) atoms. The van der Waals surface area contributed by atoms with Crippen LogP contribution in [0.1, 0.15) is 27.7 Å². The number of nitrogens with two attached hydrogens (primary N) is 1. The van der Waals surface area contributed by atoms with Gasteiger partial charge in [0.25, 0.3) is 5.69 Å². The molecule has 1 aromatic carbocycles. The number of anilines is 1. The van der Waals surface area contributed by atoms with Crippen LogP contribution in [0.5, 0.6) is 5.75 Å². The van der Waals surface area contributed by atoms with Crippen molar-refractivity contribution in [2.45, 2.75) is 39.8 Å². The van der Waals surface area contributed by atoms with Crippen molar-refractivity contribution in [3.63, 3.8) is 0 Å². The summed E-state index contributed by atoms with van der Waals surface area (Å²) in [6.45, 7) is 9.75. The van der Waals surface area contributed by atoms with Crippen LogP contribution in [-0.4, -0.2) is 35.1 Å². The quantitative estimate of drug-likeness (QED) is 0.472. The van der Waals surface area contributed by atoms with Crippen molar-refractivity contribution in [1.29, 1.82) is 0 Å². The zero-order valence-electron chi connectivity index (χ0n) is 12.5. The number of non-ortho nitro benzene ring substituents is 1. The first-order valence-corrected chi connectivity index (χ1v) is 6.74. The highest BCUT2D eigenvalue weighted by atomic mass is 16.6. The summed E-state index contributed by atoms with van der Waals surface area (Å²) >= 11 is 0. The highest BCUT2D eigenvalue weighted by Crippen LogP contribution is 2.24. The van der Waals surface area contributed by atoms with Crippen molar-refractivity contribution in [3.05, 3.63) is 28.3 Å². The first kappa shape index (κ1) is 16.2. The summed E-state index contributed by atoms with van der Waals surface area (Å²) < 4.78 is 5.58. The van der Waals surface area contributed by atoms with E-state index < -0.39 is 4.92 Å². The van der Waals surface area contributed by atoms with Gasteiger partial charge >= 0.3 is 0 Å². The third kappa shape index (κ3) is 4.70. The van der Waals surface area contributed by atoms with Crippen molar-refractivity contribution in [3.8, 4) is 5.75 Å². The smallest absolute Gasteiger partial charge is 0.275 e. The fraction of sp³-hybridized carbons (Fsp3) is 0.571. The topological polar surface area (TPSA) is 81.6 Å². The number of nitro groups is 1. The van der Waals surface area contributed by atoms with Crippen LogP contribution in [-0.2, 0) is 0 Å². The van der Waals surface area contributed by atoms with Crippen LogP contribution >= 0.6 is 0 Å². The van der Waals surface area contributed by atoms with Crippen molar-refractivity contribution in [2.75, 3.05) is 18.9 Å². The van der Waals surface area contributed by atoms with Gasteiger partial charge in [-0.25, -0.2) is 0 Å². The van der Waals surface area contributed by atoms with Gasteiger partial charge in [0, 0.05) is 36.4 Å². The minimum atomic E-state index is -0.474. The monoisotopic (exact) mass is 281 g/mol. The molecule has 0 aliphatic rings. The molecule has 0 radical (unpaired) electrons. The number of hydrogen-bond donors (Lipinski definition) is 1. The maximum absolute atomic E-state index is 10.8. The SMILES string of the molecule is CC(C)N(CCOc1cc(N)cc([N+](=O)[O-])c1)C(C)C. The van der Waals surface area contributed by atoms with Gasteiger partial charge < -0.3 is 10.5 Å². The number of nitrogens with zero attached hydrogens (tertiary/aromatic N) is 2. The Morgan fingerprint density at radius 1 is 1.25 bits per heavy atom. The summed E-state index contributed by atoms with van der Waals surface area (Å²) in [5.74, 6) is 0.434. The Labute approximate surface area is 119 Å². The summed E-state index contributed by atoms with van der Waals surface area (Å²) in [5, 5.41) is 10.8. The molecule has 0 saturated carbocycles. The Morgan fingerprint density at radius 3 is 2.35 bits per heavy atom. The van der Waals surface area contributed by atoms with Gasteiger partial charge in [0.05, 0.1) is 11.0 Å². The fourth-order valence-corrected chi connectivity index (χ4v) is 2.18. The zero-order chi connectivity index (χ0) is 15.3. The summed E-state index contributed by atoms with van der Waals surface area (Å²) in [7, 11) is 0. The van der Waals surface area contributed by atoms with Crippen LogP contribution in [0.15, 0.2) is 18.2 Å². The first-order valence-electron chi connectivity index (χ1n) is 6.74. The Bertz CT molecular complexity index is 453. The van der Waals surface area contributed by atoms with Gasteiger partial charge in [0.15, 0.2) is 0 Å². The minimum absolute atomic E-state index is 0.0513. The summed E-state index contributed by atoms with van der Waals surface area (Å²) in [6, 6.07) is 5.16. The lowest BCUT2D eigenvalue weighted by Gasteiger charge is -2.30. The van der Waals surface area contributed by atoms with Gasteiger partial charge in [0.2, 0.25) is 0 Å². The van der Waals surface area contributed by atoms with E-state index in [9.17, 15) is 10.1 Å². The molecule has 0 spiro atoms. The summed E-state index contributed by atoms with van der Waals surface area (Å²) in [6.07, 6.45) is 0. The summed E-state index contributed by atoms with van der Waals surface area (Å²) in [5.41, 5.74) is 5.91. The third-order valence-electron chi connectivity index (χ3n) is 3.07. The Kier molecular flexibility index (Phi) is 5.76. The van der Waals surface area contributed by atoms with Crippen LogP contribution in [0, 0.1) is 10.1 Å². The lowest BCUT2D eigenvalue weighted by molar-refractivity contribution is -0.384. The van der Waals surface area contributed by atoms with Crippen LogP contribution in [0.25, 0.3) is 0 Å². The standard InChI is InChI=1S/C14H23N3O3/c1-10(2)16(11(3)4)5-6-20-14-8-12(15)7-13(9-14)17(18)19/h7-11H,5-6,15H2,1-4H3. The number of hydrogen-bond acceptors (Lipinski definition) is 5. The van der Waals surface area contributed by atoms with Crippen molar-refractivity contribution in [2.24, 2.45) is 0 Å². The van der Waals surface area contributed by atoms with E-state index in [1.165, 1.54) is 12.1 Å². The molecule has 1 aromatic rings. The maximum atomic E-state index is 10.8. The molecule has 6 heteroatoms. The molecule has 1 rings (SSSR count). The largest absolute Gasteiger partial charge is 0.492 e. The molecule has 2 N–H and O–H groups in total. The van der Waals surface area contributed by atoms with Crippen LogP contribution in [0.2, 0.25) is 0 Å². The van der Waals surface area contributed by atoms with Gasteiger partial charge in [-0.05, 0) is 27.7 Å². The van der Waals surface area contributed by atoms with E-state index in [0.29, 0.717) is 30.1 Å². The van der Waals surface area contributed by atoms with E-state index >= 15 is 0 Å². The first-order chi connectivity index (χ1) is 9.31. The molecule has 0 aliphatic carbocycles. The number of nitrogen functional groups attached to an aromatic ring is 1. The second-order valence-electron chi connectivity index (χ2n) is 5.29. The fourth-order valence-electron chi connectivity index (χ4n) is 2.18. The lowest BCUT2D eigenvalue weighted by Crippen LogP contribution is -2.39. The number of nitro benzene ring substituents is 1. The van der Waals surface area contributed by atoms with Crippen molar-refractivity contribution in [1.82, 2.24) is 4.90 Å². The van der Waals surface area contributed by atoms with Gasteiger partial charge in [-0.15, -0.1) is 0 Å². The Hall–Kier alpha value is -1.82. The van der Waals surface area contributed by atoms with E-state index in [4.69, 9.17) is 10.5 Å². The van der Waals surface area contributed by atoms with Crippen LogP contribution < -0.4 is 10.5 Å². The molecule has 0 atom stereocenters. The van der Waals surface area contributed by atoms with Crippen molar-refractivity contribution < 1.29 is 9.66 Å². The summed E-state index contributed by atoms with van der Waals surface area (Å²) in [4.78, 5) is 12.6. The molecule has 0 aliphatic heterocycles. The van der Waals surface area contributed by atoms with Gasteiger partial charge in [-0.2, -0.15) is 0 Å². The molecule has 0 bridgehead atoms. The second-order valence-corrected chi connectivity index (χ2v) is 5.29. The Morgan fingerprint density at radius 2 is 1.85 bits per heavy atom. The molecule has 0 amide bonds. The number of benzene rings is 1. The van der Waals surface area contributed by atoms with E-state index in [1.54, 1.807) is 6.07 Å². The lowest BCUT2D eigenvalue weighted by atomic mass is 10.2. The zero-order valence-corrected chi connectivity index (χ0v) is 12.5. The van der Waals surface area contributed by atoms with Crippen LogP contribution in [0.3, 0.4) is 0 Å². The normalized spacial score (nSPS) is 11.3. The number of ether oxygens (including phenoxy) is 1. The van der Waals surface area contributed by atoms with E-state index in [0.717, 1.165) is 6.54 Å². The van der Waals surface area contributed by atoms with E-state index in [-0.39, 0.29) is 5.69 Å². The second kappa shape index (κ2) is 7.09. The average molecular weight is 281 g/mol. The van der Waals surface area contributed by atoms with E-state index in [1.807, 2.05) is 0 Å². The highest BCUT2D eigenvalue weighted by Gasteiger charge is 2.14. The van der Waals surface area contributed by atoms with E-state index in [2.05, 4.69) is 32.6 Å². The molecular weight excluding hydrogens is 258 g/mol. The third-order valence-corrected chi connectivity index (χ3v) is 3.07. The van der Waals surface area contributed by atoms with Gasteiger partial charge in [-0.3, -0.25) is 15.0 Å².